The fraction of sp³-hybridized carbons (Fsp3) is 0.875. The molecule has 0 aromatic carbocycles. The van der Waals surface area contributed by atoms with Gasteiger partial charge in [0.1, 0.15) is 5.94 Å². The van der Waals surface area contributed by atoms with Crippen molar-refractivity contribution in [1.29, 1.82) is 0 Å². The minimum absolute atomic E-state index is 0.918. The highest BCUT2D eigenvalue weighted by atomic mass is 16.1. The molecule has 0 spiro atoms. The molecule has 0 fully saturated rings. The molecule has 0 saturated carbocycles. The quantitative estimate of drug-likeness (QED) is 0.307. The SMILES string of the molecule is CCCCCCCCCCCCCCC=C=O. The molecule has 100 valence electrons. The molecular formula is C16H30O. The van der Waals surface area contributed by atoms with Gasteiger partial charge in [-0.3, -0.25) is 0 Å². The number of rotatable bonds is 13. The first-order chi connectivity index (χ1) is 8.41. The van der Waals surface area contributed by atoms with Crippen molar-refractivity contribution in [2.24, 2.45) is 0 Å². The van der Waals surface area contributed by atoms with Gasteiger partial charge in [-0.2, -0.15) is 0 Å². The Morgan fingerprint density at radius 1 is 0.706 bits per heavy atom. The first-order valence-corrected chi connectivity index (χ1v) is 7.61. The third kappa shape index (κ3) is 15.4. The smallest absolute Gasteiger partial charge is 0.120 e. The van der Waals surface area contributed by atoms with Gasteiger partial charge in [0.05, 0.1) is 0 Å². The number of hydrogen-bond acceptors (Lipinski definition) is 1. The molecule has 0 aliphatic carbocycles. The molecule has 0 aliphatic rings. The van der Waals surface area contributed by atoms with Gasteiger partial charge in [0.15, 0.2) is 0 Å². The third-order valence-corrected chi connectivity index (χ3v) is 3.29. The van der Waals surface area contributed by atoms with Crippen LogP contribution in [0.15, 0.2) is 6.08 Å². The van der Waals surface area contributed by atoms with Crippen LogP contribution in [0.3, 0.4) is 0 Å². The minimum Gasteiger partial charge on any atom is -0.234 e. The first-order valence-electron chi connectivity index (χ1n) is 7.61. The number of allylic oxidation sites excluding steroid dienone is 1. The maximum atomic E-state index is 9.93. The maximum absolute atomic E-state index is 9.93. The van der Waals surface area contributed by atoms with Crippen LogP contribution < -0.4 is 0 Å². The Bertz CT molecular complexity index is 180. The van der Waals surface area contributed by atoms with E-state index in [1.165, 1.54) is 70.6 Å². The van der Waals surface area contributed by atoms with Crippen LogP contribution in [0.25, 0.3) is 0 Å². The van der Waals surface area contributed by atoms with Crippen LogP contribution in [-0.4, -0.2) is 5.94 Å². The predicted molar refractivity (Wildman–Crippen MR) is 76.0 cm³/mol. The monoisotopic (exact) mass is 238 g/mol. The van der Waals surface area contributed by atoms with E-state index < -0.39 is 0 Å². The van der Waals surface area contributed by atoms with Gasteiger partial charge in [0.25, 0.3) is 0 Å². The van der Waals surface area contributed by atoms with E-state index in [1.54, 1.807) is 6.08 Å². The van der Waals surface area contributed by atoms with Crippen LogP contribution in [0.2, 0.25) is 0 Å². The molecule has 0 aromatic heterocycles. The van der Waals surface area contributed by atoms with E-state index in [0.717, 1.165) is 12.8 Å². The van der Waals surface area contributed by atoms with Gasteiger partial charge < -0.3 is 0 Å². The van der Waals surface area contributed by atoms with Gasteiger partial charge in [0, 0.05) is 0 Å². The van der Waals surface area contributed by atoms with Crippen LogP contribution in [0.1, 0.15) is 90.4 Å². The van der Waals surface area contributed by atoms with Crippen molar-refractivity contribution in [1.82, 2.24) is 0 Å². The molecule has 0 bridgehead atoms. The van der Waals surface area contributed by atoms with Gasteiger partial charge in [-0.15, -0.1) is 0 Å². The molecule has 0 amide bonds. The van der Waals surface area contributed by atoms with Crippen LogP contribution >= 0.6 is 0 Å². The van der Waals surface area contributed by atoms with Crippen molar-refractivity contribution in [2.75, 3.05) is 0 Å². The van der Waals surface area contributed by atoms with E-state index in [-0.39, 0.29) is 0 Å². The lowest BCUT2D eigenvalue weighted by Gasteiger charge is -2.01. The van der Waals surface area contributed by atoms with E-state index in [4.69, 9.17) is 0 Å². The number of unbranched alkanes of at least 4 members (excludes halogenated alkanes) is 12. The van der Waals surface area contributed by atoms with Gasteiger partial charge in [-0.25, -0.2) is 4.79 Å². The molecule has 0 unspecified atom stereocenters. The molecule has 17 heavy (non-hydrogen) atoms. The van der Waals surface area contributed by atoms with Crippen molar-refractivity contribution in [3.63, 3.8) is 0 Å². The number of carbonyl (C=O) groups excluding carboxylic acids is 1. The molecule has 1 heteroatoms. The second-order valence-corrected chi connectivity index (χ2v) is 5.00. The molecule has 0 heterocycles. The molecule has 0 aromatic rings. The number of hydrogen-bond donors (Lipinski definition) is 0. The Morgan fingerprint density at radius 3 is 1.53 bits per heavy atom. The molecular weight excluding hydrogens is 208 g/mol. The van der Waals surface area contributed by atoms with Crippen LogP contribution in [0, 0.1) is 0 Å². The zero-order chi connectivity index (χ0) is 12.6. The Hall–Kier alpha value is -0.550. The lowest BCUT2D eigenvalue weighted by atomic mass is 10.0. The standard InChI is InChI=1S/C16H30O/c1-2-3-4-5-6-7-8-9-10-11-12-13-14-15-16-17/h15H,2-14H2,1H3. The van der Waals surface area contributed by atoms with Crippen LogP contribution in [-0.2, 0) is 4.79 Å². The van der Waals surface area contributed by atoms with E-state index in [9.17, 15) is 4.79 Å². The van der Waals surface area contributed by atoms with Gasteiger partial charge in [-0.1, -0.05) is 77.6 Å². The van der Waals surface area contributed by atoms with E-state index in [1.807, 2.05) is 5.94 Å². The highest BCUT2D eigenvalue weighted by Gasteiger charge is 1.92. The molecule has 1 nitrogen and oxygen atoms in total. The Morgan fingerprint density at radius 2 is 1.12 bits per heavy atom. The van der Waals surface area contributed by atoms with Gasteiger partial charge >= 0.3 is 0 Å². The second-order valence-electron chi connectivity index (χ2n) is 5.00. The first kappa shape index (κ1) is 16.4. The van der Waals surface area contributed by atoms with E-state index >= 15 is 0 Å². The highest BCUT2D eigenvalue weighted by molar-refractivity contribution is 5.44. The highest BCUT2D eigenvalue weighted by Crippen LogP contribution is 2.12. The third-order valence-electron chi connectivity index (χ3n) is 3.29. The summed E-state index contributed by atoms with van der Waals surface area (Å²) < 4.78 is 0. The largest absolute Gasteiger partial charge is 0.234 e. The molecule has 0 aliphatic heterocycles. The summed E-state index contributed by atoms with van der Waals surface area (Å²) >= 11 is 0. The van der Waals surface area contributed by atoms with Crippen molar-refractivity contribution in [3.8, 4) is 0 Å². The summed E-state index contributed by atoms with van der Waals surface area (Å²) in [5.74, 6) is 1.83. The molecule has 0 N–H and O–H groups in total. The summed E-state index contributed by atoms with van der Waals surface area (Å²) in [6.07, 6.45) is 19.0. The summed E-state index contributed by atoms with van der Waals surface area (Å²) in [5.41, 5.74) is 0. The van der Waals surface area contributed by atoms with E-state index in [2.05, 4.69) is 6.92 Å². The molecule has 0 rings (SSSR count). The zero-order valence-corrected chi connectivity index (χ0v) is 11.7. The van der Waals surface area contributed by atoms with Crippen molar-refractivity contribution >= 4 is 5.94 Å². The van der Waals surface area contributed by atoms with Gasteiger partial charge in [-0.05, 0) is 18.9 Å². The average molecular weight is 238 g/mol. The lowest BCUT2D eigenvalue weighted by Crippen LogP contribution is -1.82. The zero-order valence-electron chi connectivity index (χ0n) is 11.7. The van der Waals surface area contributed by atoms with Crippen molar-refractivity contribution in [3.05, 3.63) is 6.08 Å². The Labute approximate surface area is 108 Å². The minimum atomic E-state index is 0.918. The lowest BCUT2D eigenvalue weighted by molar-refractivity contribution is 0.544. The fourth-order valence-electron chi connectivity index (χ4n) is 2.15. The van der Waals surface area contributed by atoms with Crippen LogP contribution in [0.4, 0.5) is 0 Å². The molecule has 0 saturated heterocycles. The summed E-state index contributed by atoms with van der Waals surface area (Å²) in [5, 5.41) is 0. The van der Waals surface area contributed by atoms with Crippen molar-refractivity contribution < 1.29 is 4.79 Å². The van der Waals surface area contributed by atoms with Crippen LogP contribution in [0.5, 0.6) is 0 Å². The Kier molecular flexibility index (Phi) is 15.0. The summed E-state index contributed by atoms with van der Waals surface area (Å²) in [7, 11) is 0. The maximum Gasteiger partial charge on any atom is 0.120 e. The summed E-state index contributed by atoms with van der Waals surface area (Å²) in [4.78, 5) is 9.93. The predicted octanol–water partition coefficient (Wildman–Crippen LogP) is 5.47. The Balaban J connectivity index is 2.91. The fourth-order valence-corrected chi connectivity index (χ4v) is 2.15. The van der Waals surface area contributed by atoms with Crippen molar-refractivity contribution in [2.45, 2.75) is 90.4 Å². The molecule has 0 atom stereocenters. The molecule has 0 radical (unpaired) electrons. The van der Waals surface area contributed by atoms with E-state index in [0.29, 0.717) is 0 Å². The normalized spacial score (nSPS) is 10.2. The summed E-state index contributed by atoms with van der Waals surface area (Å²) in [6, 6.07) is 0. The second kappa shape index (κ2) is 15.4. The van der Waals surface area contributed by atoms with Gasteiger partial charge in [0.2, 0.25) is 0 Å². The average Bonchev–Trinajstić information content (AvgIpc) is 2.35. The topological polar surface area (TPSA) is 17.1 Å². The summed E-state index contributed by atoms with van der Waals surface area (Å²) in [6.45, 7) is 2.27.